The minimum Gasteiger partial charge on any atom is -0.497 e. The Morgan fingerprint density at radius 2 is 1.84 bits per heavy atom. The number of methoxy groups -OCH3 is 1. The van der Waals surface area contributed by atoms with Crippen LogP contribution in [-0.2, 0) is 10.0 Å². The third-order valence-electron chi connectivity index (χ3n) is 5.36. The zero-order valence-electron chi connectivity index (χ0n) is 17.8. The maximum Gasteiger partial charge on any atom is 0.322 e. The maximum absolute atomic E-state index is 12.9. The number of nitrogens with one attached hydrogen (secondary N) is 1. The number of aromatic nitrogens is 2. The number of hydrogen-bond donors (Lipinski definition) is 1. The van der Waals surface area contributed by atoms with Crippen LogP contribution >= 0.6 is 0 Å². The van der Waals surface area contributed by atoms with Crippen molar-refractivity contribution >= 4 is 21.9 Å². The molecular formula is C22H24N4O5S. The van der Waals surface area contributed by atoms with Crippen LogP contribution < -0.4 is 10.1 Å². The molecule has 1 saturated heterocycles. The number of anilines is 1. The van der Waals surface area contributed by atoms with Crippen molar-refractivity contribution in [1.82, 2.24) is 14.5 Å². The lowest BCUT2D eigenvalue weighted by atomic mass is 10.0. The molecule has 1 aromatic heterocycles. The number of carbonyl (C=O) groups excluding carboxylic acids is 1. The number of sulfonamides is 1. The quantitative estimate of drug-likeness (QED) is 0.604. The van der Waals surface area contributed by atoms with Crippen molar-refractivity contribution in [1.29, 1.82) is 0 Å². The Kier molecular flexibility index (Phi) is 6.24. The highest BCUT2D eigenvalue weighted by Crippen LogP contribution is 2.25. The van der Waals surface area contributed by atoms with Crippen molar-refractivity contribution < 1.29 is 22.4 Å². The second-order valence-corrected chi connectivity index (χ2v) is 9.67. The number of benzene rings is 2. The van der Waals surface area contributed by atoms with Gasteiger partial charge in [-0.15, -0.1) is 5.10 Å². The van der Waals surface area contributed by atoms with Crippen molar-refractivity contribution in [2.24, 2.45) is 5.92 Å². The minimum atomic E-state index is -3.58. The highest BCUT2D eigenvalue weighted by atomic mass is 32.2. The fourth-order valence-electron chi connectivity index (χ4n) is 3.59. The third-order valence-corrected chi connectivity index (χ3v) is 7.24. The van der Waals surface area contributed by atoms with Crippen molar-refractivity contribution in [3.8, 4) is 17.2 Å². The number of piperidine rings is 1. The zero-order valence-corrected chi connectivity index (χ0v) is 18.6. The average molecular weight is 457 g/mol. The second-order valence-electron chi connectivity index (χ2n) is 7.73. The van der Waals surface area contributed by atoms with E-state index in [1.54, 1.807) is 31.4 Å². The standard InChI is InChI=1S/C22H24N4O5S/c1-15-4-3-13-26(14-15)32(28,29)19-11-7-16(8-12-19)20(27)23-22-25-24-21(31-22)17-5-9-18(30-2)10-6-17/h5-12,15H,3-4,13-14H2,1-2H3,(H,23,25,27)/t15-/m0/s1. The molecule has 0 bridgehead atoms. The first-order valence-electron chi connectivity index (χ1n) is 10.3. The molecule has 1 fully saturated rings. The first kappa shape index (κ1) is 22.0. The fourth-order valence-corrected chi connectivity index (χ4v) is 5.18. The second kappa shape index (κ2) is 9.09. The predicted octanol–water partition coefficient (Wildman–Crippen LogP) is 3.42. The molecule has 9 nitrogen and oxygen atoms in total. The van der Waals surface area contributed by atoms with Crippen LogP contribution in [0.4, 0.5) is 6.01 Å². The van der Waals surface area contributed by atoms with Crippen LogP contribution in [0.1, 0.15) is 30.1 Å². The van der Waals surface area contributed by atoms with Crippen molar-refractivity contribution in [2.75, 3.05) is 25.5 Å². The minimum absolute atomic E-state index is 0.0557. The van der Waals surface area contributed by atoms with Gasteiger partial charge in [0.25, 0.3) is 5.91 Å². The Labute approximate surface area is 186 Å². The van der Waals surface area contributed by atoms with Gasteiger partial charge in [0.2, 0.25) is 15.9 Å². The van der Waals surface area contributed by atoms with Crippen LogP contribution in [0.25, 0.3) is 11.5 Å². The lowest BCUT2D eigenvalue weighted by Gasteiger charge is -2.30. The third kappa shape index (κ3) is 4.66. The smallest absolute Gasteiger partial charge is 0.322 e. The van der Waals surface area contributed by atoms with Gasteiger partial charge in [-0.2, -0.15) is 4.31 Å². The summed E-state index contributed by atoms with van der Waals surface area (Å²) in [5.41, 5.74) is 0.959. The highest BCUT2D eigenvalue weighted by Gasteiger charge is 2.28. The molecule has 0 aliphatic carbocycles. The maximum atomic E-state index is 12.9. The average Bonchev–Trinajstić information content (AvgIpc) is 3.27. The summed E-state index contributed by atoms with van der Waals surface area (Å²) < 4.78 is 37.9. The summed E-state index contributed by atoms with van der Waals surface area (Å²) in [6.07, 6.45) is 1.88. The van der Waals surface area contributed by atoms with E-state index >= 15 is 0 Å². The Bertz CT molecular complexity index is 1190. The van der Waals surface area contributed by atoms with Gasteiger partial charge in [0.1, 0.15) is 5.75 Å². The Morgan fingerprint density at radius 1 is 1.12 bits per heavy atom. The van der Waals surface area contributed by atoms with Crippen molar-refractivity contribution in [3.63, 3.8) is 0 Å². The Balaban J connectivity index is 1.43. The molecule has 168 valence electrons. The number of amides is 1. The van der Waals surface area contributed by atoms with Gasteiger partial charge >= 0.3 is 6.01 Å². The van der Waals surface area contributed by atoms with Crippen LogP contribution in [0.15, 0.2) is 57.8 Å². The molecule has 1 N–H and O–H groups in total. The molecule has 1 amide bonds. The molecule has 0 spiro atoms. The number of carbonyl (C=O) groups is 1. The predicted molar refractivity (Wildman–Crippen MR) is 118 cm³/mol. The Morgan fingerprint density at radius 3 is 2.50 bits per heavy atom. The largest absolute Gasteiger partial charge is 0.497 e. The monoisotopic (exact) mass is 456 g/mol. The van der Waals surface area contributed by atoms with Gasteiger partial charge < -0.3 is 9.15 Å². The molecule has 0 radical (unpaired) electrons. The molecule has 32 heavy (non-hydrogen) atoms. The normalized spacial score (nSPS) is 17.1. The van der Waals surface area contributed by atoms with Gasteiger partial charge in [-0.1, -0.05) is 12.0 Å². The molecule has 0 saturated carbocycles. The summed E-state index contributed by atoms with van der Waals surface area (Å²) in [5.74, 6) is 0.800. The first-order valence-corrected chi connectivity index (χ1v) is 11.7. The molecular weight excluding hydrogens is 432 g/mol. The van der Waals surface area contributed by atoms with Crippen LogP contribution in [0.5, 0.6) is 5.75 Å². The molecule has 10 heteroatoms. The van der Waals surface area contributed by atoms with Gasteiger partial charge in [0.05, 0.1) is 12.0 Å². The SMILES string of the molecule is COc1ccc(-c2nnc(NC(=O)c3ccc(S(=O)(=O)N4CCC[C@H](C)C4)cc3)o2)cc1. The molecule has 1 atom stereocenters. The summed E-state index contributed by atoms with van der Waals surface area (Å²) in [6, 6.07) is 12.8. The van der Waals surface area contributed by atoms with Gasteiger partial charge in [-0.05, 0) is 67.3 Å². The lowest BCUT2D eigenvalue weighted by Crippen LogP contribution is -2.39. The highest BCUT2D eigenvalue weighted by molar-refractivity contribution is 7.89. The molecule has 0 unspecified atom stereocenters. The number of hydrogen-bond acceptors (Lipinski definition) is 7. The summed E-state index contributed by atoms with van der Waals surface area (Å²) in [4.78, 5) is 12.7. The van der Waals surface area contributed by atoms with E-state index in [1.165, 1.54) is 28.6 Å². The fraction of sp³-hybridized carbons (Fsp3) is 0.318. The van der Waals surface area contributed by atoms with Crippen LogP contribution in [-0.4, -0.2) is 49.0 Å². The number of ether oxygens (including phenoxy) is 1. The van der Waals surface area contributed by atoms with Crippen LogP contribution in [0, 0.1) is 5.92 Å². The molecule has 1 aliphatic rings. The number of nitrogens with zero attached hydrogens (tertiary/aromatic N) is 3. The summed E-state index contributed by atoms with van der Waals surface area (Å²) in [5, 5.41) is 10.3. The van der Waals surface area contributed by atoms with E-state index in [2.05, 4.69) is 15.5 Å². The molecule has 2 aromatic carbocycles. The van der Waals surface area contributed by atoms with Gasteiger partial charge in [-0.25, -0.2) is 8.42 Å². The Hall–Kier alpha value is -3.24. The van der Waals surface area contributed by atoms with E-state index in [0.29, 0.717) is 30.3 Å². The van der Waals surface area contributed by atoms with E-state index in [-0.39, 0.29) is 22.4 Å². The number of rotatable bonds is 6. The lowest BCUT2D eigenvalue weighted by molar-refractivity contribution is 0.102. The first-order chi connectivity index (χ1) is 15.4. The molecule has 4 rings (SSSR count). The summed E-state index contributed by atoms with van der Waals surface area (Å²) >= 11 is 0. The molecule has 1 aliphatic heterocycles. The topological polar surface area (TPSA) is 115 Å². The van der Waals surface area contributed by atoms with Gasteiger partial charge in [0.15, 0.2) is 0 Å². The van der Waals surface area contributed by atoms with E-state index in [0.717, 1.165) is 12.8 Å². The van der Waals surface area contributed by atoms with E-state index in [4.69, 9.17) is 9.15 Å². The molecule has 3 aromatic rings. The van der Waals surface area contributed by atoms with Gasteiger partial charge in [0, 0.05) is 24.2 Å². The van der Waals surface area contributed by atoms with E-state index < -0.39 is 15.9 Å². The van der Waals surface area contributed by atoms with Crippen molar-refractivity contribution in [3.05, 3.63) is 54.1 Å². The summed E-state index contributed by atoms with van der Waals surface area (Å²) in [7, 11) is -2.00. The van der Waals surface area contributed by atoms with Gasteiger partial charge in [-0.3, -0.25) is 10.1 Å². The molecule has 2 heterocycles. The zero-order chi connectivity index (χ0) is 22.7. The van der Waals surface area contributed by atoms with Crippen molar-refractivity contribution in [2.45, 2.75) is 24.7 Å². The van der Waals surface area contributed by atoms with E-state index in [9.17, 15) is 13.2 Å². The summed E-state index contributed by atoms with van der Waals surface area (Å²) in [6.45, 7) is 3.08. The van der Waals surface area contributed by atoms with Crippen LogP contribution in [0.3, 0.4) is 0 Å². The van der Waals surface area contributed by atoms with Crippen LogP contribution in [0.2, 0.25) is 0 Å². The van der Waals surface area contributed by atoms with E-state index in [1.807, 2.05) is 6.92 Å².